The molecule has 0 saturated carbocycles. The minimum absolute atomic E-state index is 0.0762. The van der Waals surface area contributed by atoms with E-state index < -0.39 is 44.9 Å². The second kappa shape index (κ2) is 5.74. The van der Waals surface area contributed by atoms with Gasteiger partial charge in [-0.25, -0.2) is 0 Å². The summed E-state index contributed by atoms with van der Waals surface area (Å²) < 4.78 is 40.6. The molecule has 1 unspecified atom stereocenters. The van der Waals surface area contributed by atoms with Crippen molar-refractivity contribution < 1.29 is 33.3 Å². The third-order valence-electron chi connectivity index (χ3n) is 2.30. The molecular formula is C9H18O6. The third-order valence-corrected chi connectivity index (χ3v) is 2.30. The van der Waals surface area contributed by atoms with Gasteiger partial charge in [-0.1, -0.05) is 0 Å². The van der Waals surface area contributed by atoms with Gasteiger partial charge in [0, 0.05) is 21.3 Å². The highest BCUT2D eigenvalue weighted by atomic mass is 16.7. The second-order valence-electron chi connectivity index (χ2n) is 3.19. The molecule has 1 rings (SSSR count). The molecule has 6 nitrogen and oxygen atoms in total. The SMILES string of the molecule is [2H]COC[C@H]1OC(O)[C@H](OC[2H])[C@@H](OC[2H])[C@@H]1O. The summed E-state index contributed by atoms with van der Waals surface area (Å²) in [5.41, 5.74) is 0. The van der Waals surface area contributed by atoms with Crippen molar-refractivity contribution in [3.8, 4) is 0 Å². The fourth-order valence-electron chi connectivity index (χ4n) is 1.53. The molecule has 0 aromatic carbocycles. The molecule has 1 aliphatic heterocycles. The number of methoxy groups -OCH3 is 3. The molecule has 0 amide bonds. The van der Waals surface area contributed by atoms with Gasteiger partial charge in [0.25, 0.3) is 0 Å². The molecule has 0 aliphatic carbocycles. The lowest BCUT2D eigenvalue weighted by Gasteiger charge is -2.41. The van der Waals surface area contributed by atoms with Crippen LogP contribution in [-0.2, 0) is 18.9 Å². The molecular weight excluding hydrogens is 204 g/mol. The fraction of sp³-hybridized carbons (Fsp3) is 1.00. The summed E-state index contributed by atoms with van der Waals surface area (Å²) >= 11 is 0. The van der Waals surface area contributed by atoms with Gasteiger partial charge in [0.05, 0.1) is 10.7 Å². The molecule has 1 saturated heterocycles. The molecule has 5 atom stereocenters. The molecule has 6 heteroatoms. The number of rotatable bonds is 4. The van der Waals surface area contributed by atoms with Crippen molar-refractivity contribution in [3.05, 3.63) is 0 Å². The molecule has 1 fully saturated rings. The largest absolute Gasteiger partial charge is 0.387 e. The van der Waals surface area contributed by atoms with E-state index in [-0.39, 0.29) is 13.7 Å². The smallest absolute Gasteiger partial charge is 0.184 e. The Morgan fingerprint density at radius 1 is 1.20 bits per heavy atom. The number of hydrogen-bond acceptors (Lipinski definition) is 6. The average Bonchev–Trinajstić information content (AvgIpc) is 2.36. The van der Waals surface area contributed by atoms with Gasteiger partial charge in [-0.15, -0.1) is 0 Å². The Morgan fingerprint density at radius 2 is 1.93 bits per heavy atom. The maximum absolute atomic E-state index is 9.97. The highest BCUT2D eigenvalue weighted by Crippen LogP contribution is 2.23. The van der Waals surface area contributed by atoms with E-state index in [1.54, 1.807) is 0 Å². The van der Waals surface area contributed by atoms with Gasteiger partial charge in [0.1, 0.15) is 24.4 Å². The monoisotopic (exact) mass is 225 g/mol. The molecule has 0 spiro atoms. The summed E-state index contributed by atoms with van der Waals surface area (Å²) in [6.45, 7) is -0.0762. The minimum atomic E-state index is -1.38. The van der Waals surface area contributed by atoms with Gasteiger partial charge >= 0.3 is 0 Å². The lowest BCUT2D eigenvalue weighted by molar-refractivity contribution is -0.296. The van der Waals surface area contributed by atoms with Crippen LogP contribution in [0.5, 0.6) is 0 Å². The van der Waals surface area contributed by atoms with Gasteiger partial charge in [-0.3, -0.25) is 0 Å². The standard InChI is InChI=1S/C9H18O6/c1-12-4-5-6(10)7(13-2)8(14-3)9(11)15-5/h5-11H,4H2,1-3H3/t5-,6-,7+,8-,9?/m1/s1/i1D,2D,3D. The highest BCUT2D eigenvalue weighted by molar-refractivity contribution is 4.90. The van der Waals surface area contributed by atoms with Crippen LogP contribution in [-0.4, -0.2) is 68.8 Å². The normalized spacial score (nSPS) is 44.4. The van der Waals surface area contributed by atoms with Crippen molar-refractivity contribution >= 4 is 0 Å². The van der Waals surface area contributed by atoms with E-state index in [9.17, 15) is 10.2 Å². The fourth-order valence-corrected chi connectivity index (χ4v) is 1.53. The van der Waals surface area contributed by atoms with Crippen molar-refractivity contribution in [1.82, 2.24) is 0 Å². The summed E-state index contributed by atoms with van der Waals surface area (Å²) in [6, 6.07) is 0. The van der Waals surface area contributed by atoms with E-state index in [1.165, 1.54) is 0 Å². The maximum atomic E-state index is 9.97. The van der Waals surface area contributed by atoms with E-state index in [2.05, 4.69) is 0 Å². The van der Waals surface area contributed by atoms with Crippen molar-refractivity contribution in [2.24, 2.45) is 0 Å². The first-order valence-corrected chi connectivity index (χ1v) is 4.36. The molecule has 0 radical (unpaired) electrons. The van der Waals surface area contributed by atoms with E-state index in [0.29, 0.717) is 0 Å². The molecule has 1 aliphatic rings. The zero-order valence-corrected chi connectivity index (χ0v) is 8.24. The number of aliphatic hydroxyl groups excluding tert-OH is 2. The first kappa shape index (κ1) is 8.86. The zero-order valence-electron chi connectivity index (χ0n) is 11.2. The molecule has 0 aromatic rings. The summed E-state index contributed by atoms with van der Waals surface area (Å²) in [4.78, 5) is 0. The van der Waals surface area contributed by atoms with Crippen molar-refractivity contribution in [2.75, 3.05) is 27.9 Å². The number of ether oxygens (including phenoxy) is 4. The van der Waals surface area contributed by atoms with Crippen LogP contribution >= 0.6 is 0 Å². The summed E-state index contributed by atoms with van der Waals surface area (Å²) in [5.74, 6) is 0. The first-order chi connectivity index (χ1) is 8.65. The Kier molecular flexibility index (Phi) is 3.39. The van der Waals surface area contributed by atoms with Crippen LogP contribution < -0.4 is 0 Å². The van der Waals surface area contributed by atoms with E-state index in [0.717, 1.165) is 0 Å². The lowest BCUT2D eigenvalue weighted by atomic mass is 9.99. The van der Waals surface area contributed by atoms with Crippen LogP contribution in [0.1, 0.15) is 4.11 Å². The van der Waals surface area contributed by atoms with E-state index in [4.69, 9.17) is 23.1 Å². The van der Waals surface area contributed by atoms with Crippen LogP contribution in [0.15, 0.2) is 0 Å². The molecule has 0 aromatic heterocycles. The van der Waals surface area contributed by atoms with E-state index >= 15 is 0 Å². The second-order valence-corrected chi connectivity index (χ2v) is 3.19. The average molecular weight is 225 g/mol. The van der Waals surface area contributed by atoms with Crippen molar-refractivity contribution in [2.45, 2.75) is 30.7 Å². The Bertz CT molecular complexity index is 234. The van der Waals surface area contributed by atoms with Crippen molar-refractivity contribution in [3.63, 3.8) is 0 Å². The van der Waals surface area contributed by atoms with Gasteiger partial charge in [0.15, 0.2) is 6.29 Å². The number of hydrogen-bond donors (Lipinski definition) is 2. The summed E-state index contributed by atoms with van der Waals surface area (Å²) in [5, 5.41) is 19.7. The Balaban J connectivity index is 2.69. The Labute approximate surface area is 92.9 Å². The van der Waals surface area contributed by atoms with Crippen LogP contribution in [0.2, 0.25) is 0 Å². The quantitative estimate of drug-likeness (QED) is 0.622. The zero-order chi connectivity index (χ0) is 13.5. The first-order valence-electron chi connectivity index (χ1n) is 6.48. The predicted octanol–water partition coefficient (Wildman–Crippen LogP) is -1.26. The van der Waals surface area contributed by atoms with Crippen LogP contribution in [0.25, 0.3) is 0 Å². The maximum Gasteiger partial charge on any atom is 0.184 e. The van der Waals surface area contributed by atoms with Gasteiger partial charge in [0.2, 0.25) is 0 Å². The Morgan fingerprint density at radius 3 is 2.60 bits per heavy atom. The predicted molar refractivity (Wildman–Crippen MR) is 50.4 cm³/mol. The van der Waals surface area contributed by atoms with E-state index in [1.807, 2.05) is 0 Å². The summed E-state index contributed by atoms with van der Waals surface area (Å²) in [6.07, 6.45) is -5.42. The van der Waals surface area contributed by atoms with Gasteiger partial charge < -0.3 is 29.2 Å². The van der Waals surface area contributed by atoms with Crippen LogP contribution in [0.3, 0.4) is 0 Å². The Hall–Kier alpha value is -0.240. The minimum Gasteiger partial charge on any atom is -0.387 e. The molecule has 15 heavy (non-hydrogen) atoms. The summed E-state index contributed by atoms with van der Waals surface area (Å²) in [7, 11) is -1.14. The molecule has 1 heterocycles. The highest BCUT2D eigenvalue weighted by Gasteiger charge is 2.45. The van der Waals surface area contributed by atoms with Crippen molar-refractivity contribution in [1.29, 1.82) is 0 Å². The molecule has 0 bridgehead atoms. The molecule has 2 N–H and O–H groups in total. The van der Waals surface area contributed by atoms with Gasteiger partial charge in [-0.05, 0) is 0 Å². The molecule has 90 valence electrons. The van der Waals surface area contributed by atoms with Crippen LogP contribution in [0, 0.1) is 0 Å². The topological polar surface area (TPSA) is 77.4 Å². The lowest BCUT2D eigenvalue weighted by Crippen LogP contribution is -2.59. The van der Waals surface area contributed by atoms with Crippen LogP contribution in [0.4, 0.5) is 0 Å². The van der Waals surface area contributed by atoms with Gasteiger partial charge in [-0.2, -0.15) is 0 Å². The third kappa shape index (κ3) is 2.66. The number of aliphatic hydroxyl groups is 2.